The summed E-state index contributed by atoms with van der Waals surface area (Å²) in [6, 6.07) is 8.16. The molecule has 1 aliphatic carbocycles. The van der Waals surface area contributed by atoms with Crippen LogP contribution in [0.25, 0.3) is 0 Å². The van der Waals surface area contributed by atoms with E-state index in [9.17, 15) is 4.79 Å². The molecule has 0 aromatic heterocycles. The van der Waals surface area contributed by atoms with Gasteiger partial charge in [-0.25, -0.2) is 0 Å². The molecule has 0 radical (unpaired) electrons. The quantitative estimate of drug-likeness (QED) is 0.874. The Morgan fingerprint density at radius 1 is 1.09 bits per heavy atom. The Hall–Kier alpha value is -1.51. The lowest BCUT2D eigenvalue weighted by Gasteiger charge is -2.37. The van der Waals surface area contributed by atoms with Gasteiger partial charge in [-0.2, -0.15) is 0 Å². The fraction of sp³-hybridized carbons (Fsp3) is 0.650. The van der Waals surface area contributed by atoms with Gasteiger partial charge in [-0.3, -0.25) is 4.79 Å². The highest BCUT2D eigenvalue weighted by atomic mass is 16.5. The van der Waals surface area contributed by atoms with E-state index >= 15 is 0 Å². The first kappa shape index (κ1) is 16.4. The van der Waals surface area contributed by atoms with Crippen LogP contribution in [-0.4, -0.2) is 12.5 Å². The predicted molar refractivity (Wildman–Crippen MR) is 92.3 cm³/mol. The Labute approximate surface area is 139 Å². The summed E-state index contributed by atoms with van der Waals surface area (Å²) >= 11 is 0. The minimum absolute atomic E-state index is 0.104. The van der Waals surface area contributed by atoms with Gasteiger partial charge in [0, 0.05) is 17.9 Å². The Bertz CT molecular complexity index is 553. The third kappa shape index (κ3) is 3.70. The molecule has 1 aromatic rings. The third-order valence-electron chi connectivity index (χ3n) is 5.60. The number of nitrogens with one attached hydrogen (secondary N) is 1. The molecule has 1 aromatic carbocycles. The lowest BCUT2D eigenvalue weighted by molar-refractivity contribution is -0.127. The van der Waals surface area contributed by atoms with Crippen LogP contribution < -0.4 is 10.1 Å². The molecule has 1 amide bonds. The molecule has 126 valence electrons. The van der Waals surface area contributed by atoms with Crippen LogP contribution in [0.15, 0.2) is 24.3 Å². The first-order valence-corrected chi connectivity index (χ1v) is 8.97. The van der Waals surface area contributed by atoms with E-state index in [1.54, 1.807) is 0 Å². The summed E-state index contributed by atoms with van der Waals surface area (Å²) in [5, 5.41) is 3.28. The number of carbonyl (C=O) groups is 1. The molecule has 1 heterocycles. The van der Waals surface area contributed by atoms with E-state index < -0.39 is 0 Å². The van der Waals surface area contributed by atoms with Crippen molar-refractivity contribution in [2.24, 2.45) is 17.3 Å². The van der Waals surface area contributed by atoms with Gasteiger partial charge in [0.25, 0.3) is 0 Å². The number of ether oxygens (including phenoxy) is 1. The van der Waals surface area contributed by atoms with Gasteiger partial charge < -0.3 is 10.1 Å². The fourth-order valence-electron chi connectivity index (χ4n) is 4.00. The van der Waals surface area contributed by atoms with Gasteiger partial charge in [0.2, 0.25) is 5.91 Å². The van der Waals surface area contributed by atoms with Gasteiger partial charge in [0.1, 0.15) is 5.75 Å². The van der Waals surface area contributed by atoms with Crippen molar-refractivity contribution in [1.29, 1.82) is 0 Å². The fourth-order valence-corrected chi connectivity index (χ4v) is 4.00. The Morgan fingerprint density at radius 3 is 2.48 bits per heavy atom. The number of amides is 1. The molecular weight excluding hydrogens is 286 g/mol. The number of benzene rings is 1. The molecule has 1 aliphatic heterocycles. The van der Waals surface area contributed by atoms with E-state index in [1.807, 2.05) is 18.2 Å². The van der Waals surface area contributed by atoms with Crippen LogP contribution in [0.2, 0.25) is 0 Å². The lowest BCUT2D eigenvalue weighted by Crippen LogP contribution is -2.38. The number of para-hydroxylation sites is 1. The number of fused-ring (bicyclic) bond motifs is 1. The molecule has 1 saturated carbocycles. The number of carbonyl (C=O) groups excluding carboxylic acids is 1. The summed E-state index contributed by atoms with van der Waals surface area (Å²) in [5.41, 5.74) is 1.48. The molecule has 23 heavy (non-hydrogen) atoms. The Kier molecular flexibility index (Phi) is 4.65. The van der Waals surface area contributed by atoms with Crippen molar-refractivity contribution in [3.05, 3.63) is 29.8 Å². The molecule has 3 rings (SSSR count). The number of hydrogen-bond donors (Lipinski definition) is 1. The second-order valence-electron chi connectivity index (χ2n) is 8.15. The molecule has 1 atom stereocenters. The van der Waals surface area contributed by atoms with Crippen molar-refractivity contribution in [3.63, 3.8) is 0 Å². The largest absolute Gasteiger partial charge is 0.493 e. The molecule has 3 heteroatoms. The second-order valence-corrected chi connectivity index (χ2v) is 8.15. The third-order valence-corrected chi connectivity index (χ3v) is 5.60. The summed E-state index contributed by atoms with van der Waals surface area (Å²) < 4.78 is 5.68. The van der Waals surface area contributed by atoms with E-state index in [-0.39, 0.29) is 17.9 Å². The molecule has 3 nitrogen and oxygen atoms in total. The first-order valence-electron chi connectivity index (χ1n) is 8.97. The maximum absolute atomic E-state index is 12.7. The van der Waals surface area contributed by atoms with Crippen molar-refractivity contribution in [3.8, 4) is 5.75 Å². The smallest absolute Gasteiger partial charge is 0.223 e. The summed E-state index contributed by atoms with van der Waals surface area (Å²) in [5.74, 6) is 2.08. The van der Waals surface area contributed by atoms with Gasteiger partial charge in [-0.05, 0) is 43.1 Å². The van der Waals surface area contributed by atoms with Crippen LogP contribution in [0, 0.1) is 17.3 Å². The van der Waals surface area contributed by atoms with Crippen LogP contribution in [0.4, 0.5) is 0 Å². The van der Waals surface area contributed by atoms with Crippen LogP contribution in [0.5, 0.6) is 5.75 Å². The van der Waals surface area contributed by atoms with E-state index in [2.05, 4.69) is 32.2 Å². The molecule has 1 N–H and O–H groups in total. The highest BCUT2D eigenvalue weighted by Gasteiger charge is 2.33. The van der Waals surface area contributed by atoms with E-state index in [4.69, 9.17) is 4.74 Å². The number of hydrogen-bond acceptors (Lipinski definition) is 2. The normalized spacial score (nSPS) is 27.7. The zero-order chi connectivity index (χ0) is 16.4. The van der Waals surface area contributed by atoms with Crippen molar-refractivity contribution < 1.29 is 9.53 Å². The summed E-state index contributed by atoms with van der Waals surface area (Å²) in [4.78, 5) is 12.7. The topological polar surface area (TPSA) is 38.3 Å². The summed E-state index contributed by atoms with van der Waals surface area (Å²) in [7, 11) is 0. The molecule has 0 saturated heterocycles. The second kappa shape index (κ2) is 6.54. The minimum atomic E-state index is 0.104. The molecule has 2 aliphatic rings. The zero-order valence-electron chi connectivity index (χ0n) is 14.6. The Balaban J connectivity index is 1.59. The van der Waals surface area contributed by atoms with Gasteiger partial charge in [0.05, 0.1) is 12.6 Å². The van der Waals surface area contributed by atoms with Gasteiger partial charge in [0.15, 0.2) is 0 Å². The van der Waals surface area contributed by atoms with Crippen molar-refractivity contribution in [2.45, 2.75) is 58.9 Å². The standard InChI is InChI=1S/C20H29NO2/c1-20(2,3)15-10-8-14(9-11-15)19(22)21-17-12-13-23-18-7-5-4-6-16(17)18/h4-7,14-15,17H,8-13H2,1-3H3,(H,21,22)/t14?,15?,17-/m1/s1. The minimum Gasteiger partial charge on any atom is -0.493 e. The Morgan fingerprint density at radius 2 is 1.78 bits per heavy atom. The van der Waals surface area contributed by atoms with E-state index in [0.29, 0.717) is 12.0 Å². The van der Waals surface area contributed by atoms with Crippen molar-refractivity contribution >= 4 is 5.91 Å². The maximum Gasteiger partial charge on any atom is 0.223 e. The lowest BCUT2D eigenvalue weighted by atomic mass is 9.69. The van der Waals surface area contributed by atoms with Crippen LogP contribution >= 0.6 is 0 Å². The average molecular weight is 315 g/mol. The van der Waals surface area contributed by atoms with Crippen LogP contribution in [0.1, 0.15) is 64.5 Å². The predicted octanol–water partition coefficient (Wildman–Crippen LogP) is 4.48. The van der Waals surface area contributed by atoms with Gasteiger partial charge >= 0.3 is 0 Å². The maximum atomic E-state index is 12.7. The van der Waals surface area contributed by atoms with Gasteiger partial charge in [-0.15, -0.1) is 0 Å². The van der Waals surface area contributed by atoms with Crippen molar-refractivity contribution in [2.75, 3.05) is 6.61 Å². The van der Waals surface area contributed by atoms with Crippen LogP contribution in [0.3, 0.4) is 0 Å². The monoisotopic (exact) mass is 315 g/mol. The first-order chi connectivity index (χ1) is 10.9. The number of rotatable bonds is 2. The summed E-state index contributed by atoms with van der Waals surface area (Å²) in [6.07, 6.45) is 5.26. The molecule has 0 bridgehead atoms. The van der Waals surface area contributed by atoms with E-state index in [1.165, 1.54) is 12.8 Å². The average Bonchev–Trinajstić information content (AvgIpc) is 2.54. The molecule has 0 unspecified atom stereocenters. The zero-order valence-corrected chi connectivity index (χ0v) is 14.6. The molecule has 1 fully saturated rings. The molecular formula is C20H29NO2. The van der Waals surface area contributed by atoms with E-state index in [0.717, 1.165) is 36.5 Å². The SMILES string of the molecule is CC(C)(C)C1CCC(C(=O)N[C@@H]2CCOc3ccccc32)CC1. The molecule has 0 spiro atoms. The summed E-state index contributed by atoms with van der Waals surface area (Å²) in [6.45, 7) is 7.63. The van der Waals surface area contributed by atoms with Crippen LogP contribution in [-0.2, 0) is 4.79 Å². The highest BCUT2D eigenvalue weighted by Crippen LogP contribution is 2.40. The van der Waals surface area contributed by atoms with Crippen molar-refractivity contribution in [1.82, 2.24) is 5.32 Å². The highest BCUT2D eigenvalue weighted by molar-refractivity contribution is 5.79. The van der Waals surface area contributed by atoms with Gasteiger partial charge in [-0.1, -0.05) is 39.0 Å².